The zero-order valence-corrected chi connectivity index (χ0v) is 12.3. The lowest BCUT2D eigenvalue weighted by atomic mass is 10.3. The molecule has 0 bridgehead atoms. The Morgan fingerprint density at radius 3 is 2.41 bits per heavy atom. The van der Waals surface area contributed by atoms with Gasteiger partial charge in [0.2, 0.25) is 0 Å². The summed E-state index contributed by atoms with van der Waals surface area (Å²) in [5, 5.41) is 2.38. The van der Waals surface area contributed by atoms with E-state index in [1.54, 1.807) is 0 Å². The van der Waals surface area contributed by atoms with Crippen LogP contribution in [0.4, 0.5) is 18.9 Å². The molecule has 0 unspecified atom stereocenters. The first-order valence-electron chi connectivity index (χ1n) is 5.89. The van der Waals surface area contributed by atoms with Gasteiger partial charge in [-0.15, -0.1) is 4.40 Å². The summed E-state index contributed by atoms with van der Waals surface area (Å²) in [5.74, 6) is -2.33. The van der Waals surface area contributed by atoms with Crippen LogP contribution in [0.5, 0.6) is 0 Å². The Hall–Kier alpha value is -2.00. The highest BCUT2D eigenvalue weighted by Gasteiger charge is 2.27. The van der Waals surface area contributed by atoms with Crippen molar-refractivity contribution in [2.75, 3.05) is 5.32 Å². The van der Waals surface area contributed by atoms with E-state index in [2.05, 4.69) is 9.71 Å². The molecule has 1 heterocycles. The smallest absolute Gasteiger partial charge is 0.286 e. The van der Waals surface area contributed by atoms with Gasteiger partial charge >= 0.3 is 0 Å². The van der Waals surface area contributed by atoms with Gasteiger partial charge in [-0.05, 0) is 42.1 Å². The van der Waals surface area contributed by atoms with E-state index in [9.17, 15) is 21.6 Å². The quantitative estimate of drug-likeness (QED) is 0.862. The number of nitrogens with zero attached hydrogens (tertiary/aromatic N) is 1. The fraction of sp³-hybridized carbons (Fsp3) is 0. The van der Waals surface area contributed by atoms with Crippen LogP contribution in [0, 0.1) is 17.5 Å². The Morgan fingerprint density at radius 2 is 1.68 bits per heavy atom. The van der Waals surface area contributed by atoms with Crippen molar-refractivity contribution in [2.24, 2.45) is 4.40 Å². The minimum atomic E-state index is -4.09. The van der Waals surface area contributed by atoms with E-state index in [0.29, 0.717) is 6.07 Å². The van der Waals surface area contributed by atoms with Crippen LogP contribution < -0.4 is 5.32 Å². The van der Waals surface area contributed by atoms with Gasteiger partial charge in [-0.25, -0.2) is 13.2 Å². The number of fused-ring (bicyclic) bond motifs is 1. The summed E-state index contributed by atoms with van der Waals surface area (Å²) in [5.41, 5.74) is -0.117. The predicted octanol–water partition coefficient (Wildman–Crippen LogP) is 3.37. The lowest BCUT2D eigenvalue weighted by Crippen LogP contribution is -2.17. The molecule has 0 radical (unpaired) electrons. The molecule has 1 aliphatic rings. The van der Waals surface area contributed by atoms with Crippen LogP contribution in [0.25, 0.3) is 0 Å². The number of thioether (sulfide) groups is 1. The zero-order chi connectivity index (χ0) is 15.9. The lowest BCUT2D eigenvalue weighted by Gasteiger charge is -2.16. The molecule has 0 atom stereocenters. The summed E-state index contributed by atoms with van der Waals surface area (Å²) < 4.78 is 67.1. The summed E-state index contributed by atoms with van der Waals surface area (Å²) >= 11 is 0.908. The van der Waals surface area contributed by atoms with Crippen molar-refractivity contribution in [2.45, 2.75) is 9.79 Å². The monoisotopic (exact) mass is 344 g/mol. The van der Waals surface area contributed by atoms with Gasteiger partial charge in [0, 0.05) is 11.0 Å². The third-order valence-corrected chi connectivity index (χ3v) is 5.29. The lowest BCUT2D eigenvalue weighted by molar-refractivity contribution is 0.585. The highest BCUT2D eigenvalue weighted by atomic mass is 32.2. The molecule has 4 nitrogen and oxygen atoms in total. The van der Waals surface area contributed by atoms with Gasteiger partial charge in [-0.1, -0.05) is 0 Å². The van der Waals surface area contributed by atoms with Gasteiger partial charge in [0.25, 0.3) is 10.0 Å². The number of hydrogen-bond acceptors (Lipinski definition) is 4. The van der Waals surface area contributed by atoms with Gasteiger partial charge < -0.3 is 5.32 Å². The topological polar surface area (TPSA) is 58.5 Å². The molecule has 0 aliphatic carbocycles. The van der Waals surface area contributed by atoms with E-state index < -0.39 is 27.5 Å². The molecule has 0 spiro atoms. The standard InChI is InChI=1S/C13H7F3N2O2S2/c14-7-1-3-10(9(16)5-7)17-13-18-22(19,20)12-6-8(15)2-4-11(12)21-13/h1-6H,(H,17,18). The molecule has 1 N–H and O–H groups in total. The molecule has 114 valence electrons. The van der Waals surface area contributed by atoms with Gasteiger partial charge in [0.15, 0.2) is 5.17 Å². The van der Waals surface area contributed by atoms with Crippen molar-refractivity contribution in [3.63, 3.8) is 0 Å². The molecule has 2 aromatic rings. The summed E-state index contributed by atoms with van der Waals surface area (Å²) in [6.07, 6.45) is 0. The number of benzene rings is 2. The Balaban J connectivity index is 1.98. The van der Waals surface area contributed by atoms with Crippen molar-refractivity contribution < 1.29 is 21.6 Å². The highest BCUT2D eigenvalue weighted by molar-refractivity contribution is 8.15. The van der Waals surface area contributed by atoms with E-state index in [0.717, 1.165) is 36.0 Å². The maximum Gasteiger partial charge on any atom is 0.286 e. The minimum absolute atomic E-state index is 0.107. The van der Waals surface area contributed by atoms with Crippen LogP contribution in [0.2, 0.25) is 0 Å². The molecule has 3 rings (SSSR count). The molecule has 9 heteroatoms. The van der Waals surface area contributed by atoms with Crippen LogP contribution in [0.1, 0.15) is 0 Å². The number of rotatable bonds is 1. The third-order valence-electron chi connectivity index (χ3n) is 2.77. The number of nitrogens with one attached hydrogen (secondary N) is 1. The van der Waals surface area contributed by atoms with Crippen molar-refractivity contribution in [3.8, 4) is 0 Å². The van der Waals surface area contributed by atoms with Crippen LogP contribution in [0.3, 0.4) is 0 Å². The third kappa shape index (κ3) is 2.81. The molecule has 22 heavy (non-hydrogen) atoms. The second-order valence-corrected chi connectivity index (χ2v) is 6.92. The normalized spacial score (nSPS) is 15.9. The SMILES string of the molecule is O=S1(=O)N=C(Nc2ccc(F)cc2F)Sc2ccc(F)cc21. The maximum atomic E-state index is 13.6. The molecular weight excluding hydrogens is 337 g/mol. The van der Waals surface area contributed by atoms with E-state index in [1.165, 1.54) is 6.07 Å². The second-order valence-electron chi connectivity index (χ2n) is 4.31. The summed E-state index contributed by atoms with van der Waals surface area (Å²) in [7, 11) is -4.09. The molecule has 0 aromatic heterocycles. The van der Waals surface area contributed by atoms with Crippen molar-refractivity contribution in [3.05, 3.63) is 53.8 Å². The zero-order valence-electron chi connectivity index (χ0n) is 10.7. The largest absolute Gasteiger partial charge is 0.331 e. The fourth-order valence-electron chi connectivity index (χ4n) is 1.80. The number of sulfonamides is 1. The van der Waals surface area contributed by atoms with Gasteiger partial charge in [-0.3, -0.25) is 0 Å². The average Bonchev–Trinajstić information content (AvgIpc) is 2.42. The summed E-state index contributed by atoms with van der Waals surface area (Å²) in [6.45, 7) is 0. The van der Waals surface area contributed by atoms with Crippen LogP contribution in [-0.2, 0) is 10.0 Å². The first-order valence-corrected chi connectivity index (χ1v) is 8.15. The van der Waals surface area contributed by atoms with Gasteiger partial charge in [0.05, 0.1) is 5.69 Å². The molecular formula is C13H7F3N2O2S2. The number of anilines is 1. The van der Waals surface area contributed by atoms with Crippen molar-refractivity contribution >= 4 is 32.6 Å². The second kappa shape index (κ2) is 5.33. The van der Waals surface area contributed by atoms with E-state index in [4.69, 9.17) is 0 Å². The van der Waals surface area contributed by atoms with Crippen LogP contribution in [-0.4, -0.2) is 13.6 Å². The molecule has 0 amide bonds. The van der Waals surface area contributed by atoms with Gasteiger partial charge in [0.1, 0.15) is 22.3 Å². The Kier molecular flexibility index (Phi) is 3.61. The molecule has 2 aromatic carbocycles. The van der Waals surface area contributed by atoms with E-state index >= 15 is 0 Å². The number of halogens is 3. The van der Waals surface area contributed by atoms with Crippen molar-refractivity contribution in [1.29, 1.82) is 0 Å². The first kappa shape index (κ1) is 14.9. The maximum absolute atomic E-state index is 13.6. The summed E-state index contributed by atoms with van der Waals surface area (Å²) in [4.78, 5) is 0.0176. The summed E-state index contributed by atoms with van der Waals surface area (Å²) in [6, 6.07) is 6.09. The highest BCUT2D eigenvalue weighted by Crippen LogP contribution is 2.35. The minimum Gasteiger partial charge on any atom is -0.331 e. The predicted molar refractivity (Wildman–Crippen MR) is 76.9 cm³/mol. The number of amidine groups is 1. The first-order chi connectivity index (χ1) is 10.3. The van der Waals surface area contributed by atoms with Crippen molar-refractivity contribution in [1.82, 2.24) is 0 Å². The number of hydrogen-bond donors (Lipinski definition) is 1. The van der Waals surface area contributed by atoms with E-state index in [-0.39, 0.29) is 20.6 Å². The average molecular weight is 344 g/mol. The molecule has 0 saturated heterocycles. The Bertz CT molecular complexity index is 898. The van der Waals surface area contributed by atoms with E-state index in [1.807, 2.05) is 0 Å². The Labute approximate surface area is 128 Å². The fourth-order valence-corrected chi connectivity index (χ4v) is 4.30. The Morgan fingerprint density at radius 1 is 1.00 bits per heavy atom. The van der Waals surface area contributed by atoms with Crippen LogP contribution in [0.15, 0.2) is 50.6 Å². The molecule has 0 saturated carbocycles. The van der Waals surface area contributed by atoms with Crippen LogP contribution >= 0.6 is 11.8 Å². The van der Waals surface area contributed by atoms with Gasteiger partial charge in [-0.2, -0.15) is 8.42 Å². The molecule has 0 fully saturated rings. The molecule has 1 aliphatic heterocycles.